The van der Waals surface area contributed by atoms with Gasteiger partial charge in [0.05, 0.1) is 24.2 Å². The van der Waals surface area contributed by atoms with Crippen LogP contribution in [-0.4, -0.2) is 54.4 Å². The van der Waals surface area contributed by atoms with Crippen LogP contribution in [0, 0.1) is 5.92 Å². The second-order valence-corrected chi connectivity index (χ2v) is 17.4. The number of halogens is 4. The minimum absolute atomic E-state index is 0.0481. The van der Waals surface area contributed by atoms with Crippen molar-refractivity contribution < 1.29 is 17.6 Å². The standard InChI is InChI=1S/C31H37BrF3N3OPSi/c1-29(2,3)41(20-9-7-6-8-10-20)39-18-30(4,34)17-38-26(40)14-22-21(11-12-25-23(22)16-36-37-25)28(38)27-24(33)13-19(32)15-31(27,5)35/h6-13,15-16,26-28H,14,17-18,40H2,1-5H3,(H,36,37)/t26-,27?,28+,30?,31?/m1/s1. The Morgan fingerprint density at radius 1 is 1.20 bits per heavy atom. The third-order valence-corrected chi connectivity index (χ3v) is 11.7. The van der Waals surface area contributed by atoms with Gasteiger partial charge in [0.15, 0.2) is 0 Å². The molecular formula is C31H37BrF3N3OPSi. The number of hydrogen-bond donors (Lipinski definition) is 1. The monoisotopic (exact) mass is 662 g/mol. The molecule has 3 aromatic rings. The molecule has 4 nitrogen and oxygen atoms in total. The lowest BCUT2D eigenvalue weighted by molar-refractivity contribution is -0.00718. The third kappa shape index (κ3) is 6.30. The van der Waals surface area contributed by atoms with Gasteiger partial charge in [-0.15, -0.1) is 9.24 Å². The molecule has 0 bridgehead atoms. The molecule has 2 aliphatic rings. The number of allylic oxidation sites excluding steroid dienone is 3. The van der Waals surface area contributed by atoms with Crippen molar-refractivity contribution in [2.24, 2.45) is 5.92 Å². The first kappa shape index (κ1) is 30.7. The molecule has 2 aromatic carbocycles. The molecule has 1 aliphatic heterocycles. The van der Waals surface area contributed by atoms with Crippen molar-refractivity contribution in [1.82, 2.24) is 15.1 Å². The minimum Gasteiger partial charge on any atom is -0.408 e. The minimum atomic E-state index is -2.01. The van der Waals surface area contributed by atoms with E-state index >= 15 is 13.2 Å². The van der Waals surface area contributed by atoms with Crippen LogP contribution in [0.15, 0.2) is 71.1 Å². The van der Waals surface area contributed by atoms with Crippen molar-refractivity contribution >= 4 is 50.3 Å². The van der Waals surface area contributed by atoms with Crippen LogP contribution in [0.5, 0.6) is 0 Å². The van der Waals surface area contributed by atoms with Gasteiger partial charge in [0.2, 0.25) is 0 Å². The Morgan fingerprint density at radius 2 is 1.90 bits per heavy atom. The lowest BCUT2D eigenvalue weighted by Crippen LogP contribution is -2.54. The van der Waals surface area contributed by atoms with Crippen LogP contribution in [0.1, 0.15) is 51.8 Å². The topological polar surface area (TPSA) is 41.1 Å². The number of nitrogens with one attached hydrogen (secondary N) is 1. The average Bonchev–Trinajstić information content (AvgIpc) is 3.34. The van der Waals surface area contributed by atoms with Crippen molar-refractivity contribution in [1.29, 1.82) is 0 Å². The summed E-state index contributed by atoms with van der Waals surface area (Å²) in [6.45, 7) is 9.09. The number of aromatic amines is 1. The number of H-pyrrole nitrogens is 1. The summed E-state index contributed by atoms with van der Waals surface area (Å²) in [5.74, 6) is -2.00. The van der Waals surface area contributed by atoms with Crippen LogP contribution >= 0.6 is 25.2 Å². The highest BCUT2D eigenvalue weighted by atomic mass is 79.9. The molecule has 0 amide bonds. The van der Waals surface area contributed by atoms with Gasteiger partial charge in [-0.1, -0.05) is 73.1 Å². The Morgan fingerprint density at radius 3 is 2.56 bits per heavy atom. The Kier molecular flexibility index (Phi) is 8.52. The van der Waals surface area contributed by atoms with Gasteiger partial charge < -0.3 is 4.43 Å². The number of aromatic nitrogens is 2. The highest BCUT2D eigenvalue weighted by Crippen LogP contribution is 2.52. The summed E-state index contributed by atoms with van der Waals surface area (Å²) in [6, 6.07) is 13.0. The Bertz CT molecular complexity index is 1470. The van der Waals surface area contributed by atoms with E-state index in [9.17, 15) is 0 Å². The van der Waals surface area contributed by atoms with E-state index in [1.807, 2.05) is 47.4 Å². The molecule has 1 aliphatic carbocycles. The largest absolute Gasteiger partial charge is 0.408 e. The van der Waals surface area contributed by atoms with Crippen molar-refractivity contribution in [2.45, 2.75) is 69.2 Å². The molecule has 0 saturated heterocycles. The molecule has 0 spiro atoms. The fourth-order valence-electron chi connectivity index (χ4n) is 6.22. The van der Waals surface area contributed by atoms with Crippen molar-refractivity contribution in [3.05, 3.63) is 82.2 Å². The molecule has 0 saturated carbocycles. The van der Waals surface area contributed by atoms with Crippen LogP contribution in [0.25, 0.3) is 10.9 Å². The summed E-state index contributed by atoms with van der Waals surface area (Å²) < 4.78 is 55.5. The summed E-state index contributed by atoms with van der Waals surface area (Å²) in [7, 11) is 1.22. The Labute approximate surface area is 252 Å². The number of nitrogens with zero attached hydrogens (tertiary/aromatic N) is 2. The fraction of sp³-hybridized carbons (Fsp3) is 0.452. The molecule has 10 heteroatoms. The molecule has 5 rings (SSSR count). The number of alkyl halides is 2. The van der Waals surface area contributed by atoms with Crippen molar-refractivity contribution in [2.75, 3.05) is 13.2 Å². The molecule has 6 atom stereocenters. The van der Waals surface area contributed by atoms with Crippen LogP contribution in [0.4, 0.5) is 13.2 Å². The van der Waals surface area contributed by atoms with Gasteiger partial charge in [-0.25, -0.2) is 13.2 Å². The molecule has 1 aromatic heterocycles. The van der Waals surface area contributed by atoms with E-state index < -0.39 is 38.2 Å². The summed E-state index contributed by atoms with van der Waals surface area (Å²) in [5, 5.41) is 9.02. The SMILES string of the molecule is CC(F)(CO[Si](c1ccccc1)C(C)(C)C)CN1[C@H](P)Cc2c(ccc3[nH]ncc23)[C@H]1C1C(F)=CC(Br)=CC1(C)F. The van der Waals surface area contributed by atoms with Crippen LogP contribution in [0.3, 0.4) is 0 Å². The predicted octanol–water partition coefficient (Wildman–Crippen LogP) is 7.60. The van der Waals surface area contributed by atoms with Crippen molar-refractivity contribution in [3.8, 4) is 0 Å². The zero-order chi connectivity index (χ0) is 29.7. The van der Waals surface area contributed by atoms with Gasteiger partial charge in [0, 0.05) is 28.2 Å². The first-order valence-corrected chi connectivity index (χ1v) is 16.7. The summed E-state index contributed by atoms with van der Waals surface area (Å²) >= 11 is 3.26. The molecule has 1 radical (unpaired) electrons. The summed E-state index contributed by atoms with van der Waals surface area (Å²) in [4.78, 5) is 1.91. The molecule has 0 fully saturated rings. The number of benzene rings is 2. The van der Waals surface area contributed by atoms with Crippen molar-refractivity contribution in [3.63, 3.8) is 0 Å². The molecule has 4 unspecified atom stereocenters. The number of rotatable bonds is 7. The molecule has 41 heavy (non-hydrogen) atoms. The molecule has 1 N–H and O–H groups in total. The molecule has 2 heterocycles. The van der Waals surface area contributed by atoms with Gasteiger partial charge in [-0.05, 0) is 59.8 Å². The third-order valence-electron chi connectivity index (χ3n) is 7.95. The second kappa shape index (κ2) is 11.4. The summed E-state index contributed by atoms with van der Waals surface area (Å²) in [5.41, 5.74) is -1.15. The second-order valence-electron chi connectivity index (χ2n) is 12.7. The van der Waals surface area contributed by atoms with Crippen LogP contribution in [-0.2, 0) is 10.8 Å². The highest BCUT2D eigenvalue weighted by Gasteiger charge is 2.51. The first-order chi connectivity index (χ1) is 19.2. The fourth-order valence-corrected chi connectivity index (χ4v) is 9.82. The zero-order valence-corrected chi connectivity index (χ0v) is 27.8. The number of fused-ring (bicyclic) bond motifs is 3. The number of hydrogen-bond acceptors (Lipinski definition) is 3. The van der Waals surface area contributed by atoms with E-state index in [0.29, 0.717) is 10.9 Å². The Hall–Kier alpha value is -1.77. The highest BCUT2D eigenvalue weighted by molar-refractivity contribution is 9.11. The van der Waals surface area contributed by atoms with E-state index in [1.54, 1.807) is 6.20 Å². The van der Waals surface area contributed by atoms with Crippen LogP contribution < -0.4 is 5.19 Å². The predicted molar refractivity (Wildman–Crippen MR) is 169 cm³/mol. The van der Waals surface area contributed by atoms with Gasteiger partial charge >= 0.3 is 0 Å². The lowest BCUT2D eigenvalue weighted by Gasteiger charge is -2.49. The van der Waals surface area contributed by atoms with Gasteiger partial charge in [-0.2, -0.15) is 5.10 Å². The molecule has 219 valence electrons. The van der Waals surface area contributed by atoms with Gasteiger partial charge in [-0.3, -0.25) is 10.00 Å². The smallest absolute Gasteiger partial charge is 0.252 e. The van der Waals surface area contributed by atoms with E-state index in [4.69, 9.17) is 4.43 Å². The zero-order valence-electron chi connectivity index (χ0n) is 24.0. The lowest BCUT2D eigenvalue weighted by atomic mass is 9.74. The molecular weight excluding hydrogens is 626 g/mol. The maximum atomic E-state index is 16.6. The van der Waals surface area contributed by atoms with E-state index in [-0.39, 0.29) is 24.0 Å². The Balaban J connectivity index is 1.50. The van der Waals surface area contributed by atoms with Gasteiger partial charge in [0.1, 0.15) is 17.2 Å². The van der Waals surface area contributed by atoms with Crippen LogP contribution in [0.2, 0.25) is 5.04 Å². The van der Waals surface area contributed by atoms with E-state index in [1.165, 1.54) is 26.0 Å². The maximum Gasteiger partial charge on any atom is 0.252 e. The quantitative estimate of drug-likeness (QED) is 0.209. The average molecular weight is 664 g/mol. The summed E-state index contributed by atoms with van der Waals surface area (Å²) in [6.07, 6.45) is 5.05. The first-order valence-electron chi connectivity index (χ1n) is 13.8. The maximum absolute atomic E-state index is 16.6. The van der Waals surface area contributed by atoms with E-state index in [0.717, 1.165) is 27.2 Å². The van der Waals surface area contributed by atoms with E-state index in [2.05, 4.69) is 56.1 Å². The normalized spacial score (nSPS) is 27.0. The van der Waals surface area contributed by atoms with Gasteiger partial charge in [0.25, 0.3) is 9.04 Å².